The van der Waals surface area contributed by atoms with Crippen molar-refractivity contribution in [2.24, 2.45) is 0 Å². The van der Waals surface area contributed by atoms with E-state index in [9.17, 15) is 4.39 Å². The van der Waals surface area contributed by atoms with Crippen molar-refractivity contribution < 1.29 is 4.39 Å². The Kier molecular flexibility index (Phi) is 6.44. The number of likely N-dealkylation sites (N-methyl/N-ethyl adjacent to an activating group) is 2. The number of rotatable bonds is 7. The van der Waals surface area contributed by atoms with Crippen LogP contribution in [-0.4, -0.2) is 37.6 Å². The smallest absolute Gasteiger partial charge is 0.124 e. The summed E-state index contributed by atoms with van der Waals surface area (Å²) < 4.78 is 13.2. The highest BCUT2D eigenvalue weighted by atomic mass is 35.5. The Balaban J connectivity index is 3.06. The first-order valence-corrected chi connectivity index (χ1v) is 7.57. The first-order valence-electron chi connectivity index (χ1n) is 7.19. The van der Waals surface area contributed by atoms with Crippen LogP contribution in [0.25, 0.3) is 0 Å². The van der Waals surface area contributed by atoms with Gasteiger partial charge >= 0.3 is 0 Å². The van der Waals surface area contributed by atoms with Gasteiger partial charge in [0.05, 0.1) is 0 Å². The van der Waals surface area contributed by atoms with E-state index in [-0.39, 0.29) is 17.4 Å². The second-order valence-electron chi connectivity index (χ2n) is 5.49. The van der Waals surface area contributed by atoms with Gasteiger partial charge in [0.1, 0.15) is 5.82 Å². The van der Waals surface area contributed by atoms with E-state index in [0.29, 0.717) is 5.02 Å². The molecule has 114 valence electrons. The molecule has 1 unspecified atom stereocenters. The lowest BCUT2D eigenvalue weighted by molar-refractivity contribution is 0.0917. The fraction of sp³-hybridized carbons (Fsp3) is 0.625. The molecule has 1 N–H and O–H groups in total. The van der Waals surface area contributed by atoms with E-state index >= 15 is 0 Å². The highest BCUT2D eigenvalue weighted by Gasteiger charge is 2.37. The summed E-state index contributed by atoms with van der Waals surface area (Å²) in [6.45, 7) is 4.42. The van der Waals surface area contributed by atoms with E-state index in [0.717, 1.165) is 24.8 Å². The number of nitrogens with zero attached hydrogens (tertiary/aromatic N) is 1. The van der Waals surface area contributed by atoms with Gasteiger partial charge in [-0.1, -0.05) is 31.5 Å². The number of hydrogen-bond donors (Lipinski definition) is 1. The minimum atomic E-state index is -0.287. The SMILES string of the molecule is CCC(CC)(C(Cc1ccc(F)cc1Cl)NC)N(C)C. The van der Waals surface area contributed by atoms with Crippen LogP contribution in [0.4, 0.5) is 4.39 Å². The first kappa shape index (κ1) is 17.4. The van der Waals surface area contributed by atoms with Gasteiger partial charge in [-0.05, 0) is 58.1 Å². The highest BCUT2D eigenvalue weighted by Crippen LogP contribution is 2.29. The molecule has 0 radical (unpaired) electrons. The molecule has 20 heavy (non-hydrogen) atoms. The number of hydrogen-bond acceptors (Lipinski definition) is 2. The Bertz CT molecular complexity index is 430. The Labute approximate surface area is 127 Å². The second-order valence-corrected chi connectivity index (χ2v) is 5.89. The van der Waals surface area contributed by atoms with E-state index in [1.54, 1.807) is 6.07 Å². The summed E-state index contributed by atoms with van der Waals surface area (Å²) in [4.78, 5) is 2.28. The van der Waals surface area contributed by atoms with Crippen LogP contribution >= 0.6 is 11.6 Å². The molecule has 0 aromatic heterocycles. The van der Waals surface area contributed by atoms with Crippen LogP contribution < -0.4 is 5.32 Å². The van der Waals surface area contributed by atoms with Gasteiger partial charge in [0.2, 0.25) is 0 Å². The molecule has 0 saturated carbocycles. The van der Waals surface area contributed by atoms with Crippen LogP contribution in [-0.2, 0) is 6.42 Å². The van der Waals surface area contributed by atoms with Crippen LogP contribution in [0.2, 0.25) is 5.02 Å². The molecule has 0 saturated heterocycles. The molecule has 0 spiro atoms. The van der Waals surface area contributed by atoms with E-state index in [1.807, 2.05) is 7.05 Å². The van der Waals surface area contributed by atoms with Crippen molar-refractivity contribution in [3.8, 4) is 0 Å². The second kappa shape index (κ2) is 7.39. The molecule has 0 aliphatic rings. The van der Waals surface area contributed by atoms with Crippen molar-refractivity contribution in [1.82, 2.24) is 10.2 Å². The predicted octanol–water partition coefficient (Wildman–Crippen LogP) is 3.73. The zero-order chi connectivity index (χ0) is 15.3. The van der Waals surface area contributed by atoms with Gasteiger partial charge in [0.15, 0.2) is 0 Å². The highest BCUT2D eigenvalue weighted by molar-refractivity contribution is 6.31. The minimum Gasteiger partial charge on any atom is -0.315 e. The van der Waals surface area contributed by atoms with Crippen molar-refractivity contribution in [2.75, 3.05) is 21.1 Å². The average Bonchev–Trinajstić information content (AvgIpc) is 2.41. The maximum atomic E-state index is 13.2. The molecule has 0 fully saturated rings. The quantitative estimate of drug-likeness (QED) is 0.825. The fourth-order valence-electron chi connectivity index (χ4n) is 3.15. The Morgan fingerprint density at radius 1 is 1.30 bits per heavy atom. The maximum absolute atomic E-state index is 13.2. The summed E-state index contributed by atoms with van der Waals surface area (Å²) in [5.74, 6) is -0.287. The molecular formula is C16H26ClFN2. The summed E-state index contributed by atoms with van der Waals surface area (Å²) in [7, 11) is 6.21. The van der Waals surface area contributed by atoms with Crippen molar-refractivity contribution in [2.45, 2.75) is 44.7 Å². The summed E-state index contributed by atoms with van der Waals surface area (Å²) in [6, 6.07) is 4.91. The van der Waals surface area contributed by atoms with Crippen LogP contribution in [0, 0.1) is 5.82 Å². The van der Waals surface area contributed by atoms with Crippen LogP contribution in [0.3, 0.4) is 0 Å². The van der Waals surface area contributed by atoms with Gasteiger partial charge < -0.3 is 10.2 Å². The van der Waals surface area contributed by atoms with Crippen LogP contribution in [0.15, 0.2) is 18.2 Å². The van der Waals surface area contributed by atoms with Crippen molar-refractivity contribution in [3.05, 3.63) is 34.6 Å². The zero-order valence-electron chi connectivity index (χ0n) is 13.1. The van der Waals surface area contributed by atoms with E-state index in [4.69, 9.17) is 11.6 Å². The molecule has 0 amide bonds. The third kappa shape index (κ3) is 3.51. The molecule has 0 aliphatic carbocycles. The van der Waals surface area contributed by atoms with Crippen LogP contribution in [0.1, 0.15) is 32.3 Å². The van der Waals surface area contributed by atoms with Crippen molar-refractivity contribution >= 4 is 11.6 Å². The lowest BCUT2D eigenvalue weighted by atomic mass is 9.80. The third-order valence-electron chi connectivity index (χ3n) is 4.55. The lowest BCUT2D eigenvalue weighted by Crippen LogP contribution is -2.58. The zero-order valence-corrected chi connectivity index (χ0v) is 13.9. The van der Waals surface area contributed by atoms with Crippen molar-refractivity contribution in [3.63, 3.8) is 0 Å². The molecule has 1 atom stereocenters. The number of nitrogens with one attached hydrogen (secondary N) is 1. The average molecular weight is 301 g/mol. The Morgan fingerprint density at radius 3 is 2.30 bits per heavy atom. The van der Waals surface area contributed by atoms with E-state index in [1.165, 1.54) is 12.1 Å². The monoisotopic (exact) mass is 300 g/mol. The van der Waals surface area contributed by atoms with Gasteiger partial charge in [-0.15, -0.1) is 0 Å². The predicted molar refractivity (Wildman–Crippen MR) is 85.0 cm³/mol. The third-order valence-corrected chi connectivity index (χ3v) is 4.90. The molecule has 1 rings (SSSR count). The van der Waals surface area contributed by atoms with E-state index in [2.05, 4.69) is 38.2 Å². The Morgan fingerprint density at radius 2 is 1.90 bits per heavy atom. The summed E-state index contributed by atoms with van der Waals surface area (Å²) in [5.41, 5.74) is 1.05. The normalized spacial score (nSPS) is 13.8. The summed E-state index contributed by atoms with van der Waals surface area (Å²) in [5, 5.41) is 3.93. The molecule has 0 heterocycles. The summed E-state index contributed by atoms with van der Waals surface area (Å²) >= 11 is 6.17. The standard InChI is InChI=1S/C16H26ClFN2/c1-6-16(7-2,20(4)5)15(19-3)10-12-8-9-13(18)11-14(12)17/h8-9,11,15,19H,6-7,10H2,1-5H3. The largest absolute Gasteiger partial charge is 0.315 e. The lowest BCUT2D eigenvalue weighted by Gasteiger charge is -2.45. The Hall–Kier alpha value is -0.640. The van der Waals surface area contributed by atoms with Crippen molar-refractivity contribution in [1.29, 1.82) is 0 Å². The fourth-order valence-corrected chi connectivity index (χ4v) is 3.40. The first-order chi connectivity index (χ1) is 9.41. The summed E-state index contributed by atoms with van der Waals surface area (Å²) in [6.07, 6.45) is 2.87. The van der Waals surface area contributed by atoms with E-state index < -0.39 is 0 Å². The molecule has 4 heteroatoms. The maximum Gasteiger partial charge on any atom is 0.124 e. The van der Waals surface area contributed by atoms with Gasteiger partial charge in [-0.3, -0.25) is 0 Å². The molecule has 0 aliphatic heterocycles. The van der Waals surface area contributed by atoms with Crippen LogP contribution in [0.5, 0.6) is 0 Å². The topological polar surface area (TPSA) is 15.3 Å². The van der Waals surface area contributed by atoms with Gasteiger partial charge in [-0.25, -0.2) is 4.39 Å². The molecular weight excluding hydrogens is 275 g/mol. The van der Waals surface area contributed by atoms with Gasteiger partial charge in [-0.2, -0.15) is 0 Å². The van der Waals surface area contributed by atoms with Gasteiger partial charge in [0.25, 0.3) is 0 Å². The number of halogens is 2. The molecule has 0 bridgehead atoms. The molecule has 1 aromatic rings. The van der Waals surface area contributed by atoms with Gasteiger partial charge in [0, 0.05) is 16.6 Å². The molecule has 2 nitrogen and oxygen atoms in total. The molecule has 1 aromatic carbocycles. The minimum absolute atomic E-state index is 0.0620. The number of benzene rings is 1.